The Balaban J connectivity index is 2.15. The highest BCUT2D eigenvalue weighted by Gasteiger charge is 2.51. The standard InChI is InChI=1S/C14H19N3O3S/c1-13(2,10(15)21)6-7-17-11(18)14(3,16-12(17)19)9-5-4-8-20-9/h4-5,8H,6-7H2,1-3H3,(H2,15,21)(H,16,19). The number of thiocarbonyl (C=S) groups is 1. The molecular weight excluding hydrogens is 290 g/mol. The first-order valence-corrected chi connectivity index (χ1v) is 7.07. The molecule has 0 saturated carbocycles. The van der Waals surface area contributed by atoms with Crippen molar-refractivity contribution in [2.75, 3.05) is 6.54 Å². The molecule has 1 fully saturated rings. The fraction of sp³-hybridized carbons (Fsp3) is 0.500. The molecule has 0 aliphatic carbocycles. The van der Waals surface area contributed by atoms with Gasteiger partial charge in [0.25, 0.3) is 5.91 Å². The molecule has 1 aromatic heterocycles. The number of nitrogens with zero attached hydrogens (tertiary/aromatic N) is 1. The quantitative estimate of drug-likeness (QED) is 0.639. The van der Waals surface area contributed by atoms with Gasteiger partial charge in [-0.3, -0.25) is 9.69 Å². The second kappa shape index (κ2) is 5.14. The van der Waals surface area contributed by atoms with Gasteiger partial charge in [0.05, 0.1) is 11.3 Å². The van der Waals surface area contributed by atoms with Crippen molar-refractivity contribution in [1.29, 1.82) is 0 Å². The number of hydrogen-bond acceptors (Lipinski definition) is 4. The first kappa shape index (κ1) is 15.5. The summed E-state index contributed by atoms with van der Waals surface area (Å²) in [7, 11) is 0. The number of hydrogen-bond donors (Lipinski definition) is 2. The summed E-state index contributed by atoms with van der Waals surface area (Å²) in [6, 6.07) is 2.91. The third-order valence-electron chi connectivity index (χ3n) is 3.92. The topological polar surface area (TPSA) is 88.6 Å². The number of carbonyl (C=O) groups excluding carboxylic acids is 2. The third kappa shape index (κ3) is 2.65. The lowest BCUT2D eigenvalue weighted by Crippen LogP contribution is -2.41. The van der Waals surface area contributed by atoms with E-state index >= 15 is 0 Å². The van der Waals surface area contributed by atoms with Crippen molar-refractivity contribution in [1.82, 2.24) is 10.2 Å². The fourth-order valence-electron chi connectivity index (χ4n) is 2.14. The van der Waals surface area contributed by atoms with Crippen molar-refractivity contribution in [3.63, 3.8) is 0 Å². The van der Waals surface area contributed by atoms with Crippen molar-refractivity contribution < 1.29 is 14.0 Å². The van der Waals surface area contributed by atoms with Crippen LogP contribution in [0.3, 0.4) is 0 Å². The zero-order valence-corrected chi connectivity index (χ0v) is 13.1. The number of imide groups is 1. The molecule has 3 N–H and O–H groups in total. The van der Waals surface area contributed by atoms with Crippen molar-refractivity contribution in [3.05, 3.63) is 24.2 Å². The average molecular weight is 309 g/mol. The van der Waals surface area contributed by atoms with Gasteiger partial charge in [0.15, 0.2) is 5.54 Å². The van der Waals surface area contributed by atoms with Gasteiger partial charge in [-0.25, -0.2) is 4.79 Å². The summed E-state index contributed by atoms with van der Waals surface area (Å²) in [6.07, 6.45) is 1.98. The van der Waals surface area contributed by atoms with Crippen molar-refractivity contribution in [2.45, 2.75) is 32.7 Å². The van der Waals surface area contributed by atoms with E-state index in [1.165, 1.54) is 11.2 Å². The van der Waals surface area contributed by atoms with E-state index in [0.29, 0.717) is 17.2 Å². The van der Waals surface area contributed by atoms with Gasteiger partial charge in [0, 0.05) is 12.0 Å². The lowest BCUT2D eigenvalue weighted by atomic mass is 9.89. The van der Waals surface area contributed by atoms with Crippen LogP contribution < -0.4 is 11.1 Å². The molecule has 114 valence electrons. The molecule has 1 aliphatic heterocycles. The van der Waals surface area contributed by atoms with Crippen molar-refractivity contribution in [2.24, 2.45) is 11.1 Å². The first-order chi connectivity index (χ1) is 9.68. The van der Waals surface area contributed by atoms with E-state index in [0.717, 1.165) is 0 Å². The van der Waals surface area contributed by atoms with Gasteiger partial charge >= 0.3 is 6.03 Å². The molecule has 6 nitrogen and oxygen atoms in total. The molecule has 2 heterocycles. The SMILES string of the molecule is CC(C)(CCN1C(=O)NC(C)(c2ccco2)C1=O)C(N)=S. The summed E-state index contributed by atoms with van der Waals surface area (Å²) in [5.74, 6) is 0.0816. The van der Waals surface area contributed by atoms with Crippen LogP contribution in [-0.4, -0.2) is 28.4 Å². The minimum Gasteiger partial charge on any atom is -0.466 e. The molecule has 2 rings (SSSR count). The molecule has 1 aromatic rings. The molecule has 21 heavy (non-hydrogen) atoms. The van der Waals surface area contributed by atoms with Crippen molar-refractivity contribution >= 4 is 29.1 Å². The normalized spacial score (nSPS) is 22.5. The Morgan fingerprint density at radius 3 is 2.71 bits per heavy atom. The Morgan fingerprint density at radius 1 is 1.52 bits per heavy atom. The lowest BCUT2D eigenvalue weighted by molar-refractivity contribution is -0.131. The van der Waals surface area contributed by atoms with E-state index in [1.54, 1.807) is 19.1 Å². The predicted octanol–water partition coefficient (Wildman–Crippen LogP) is 1.75. The second-order valence-electron chi connectivity index (χ2n) is 5.99. The van der Waals surface area contributed by atoms with Crippen LogP contribution in [0.5, 0.6) is 0 Å². The Kier molecular flexibility index (Phi) is 3.79. The number of nitrogens with two attached hydrogens (primary N) is 1. The number of amides is 3. The molecule has 1 aliphatic rings. The van der Waals surface area contributed by atoms with Crippen LogP contribution in [-0.2, 0) is 10.3 Å². The average Bonchev–Trinajstić information content (AvgIpc) is 2.98. The van der Waals surface area contributed by atoms with E-state index in [-0.39, 0.29) is 12.5 Å². The third-order valence-corrected chi connectivity index (χ3v) is 4.47. The van der Waals surface area contributed by atoms with E-state index in [2.05, 4.69) is 5.32 Å². The molecule has 7 heteroatoms. The molecule has 3 amide bonds. The molecule has 1 atom stereocenters. The van der Waals surface area contributed by atoms with E-state index < -0.39 is 17.0 Å². The summed E-state index contributed by atoms with van der Waals surface area (Å²) in [5.41, 5.74) is 4.09. The summed E-state index contributed by atoms with van der Waals surface area (Å²) < 4.78 is 5.27. The summed E-state index contributed by atoms with van der Waals surface area (Å²) in [6.45, 7) is 5.66. The Bertz CT molecular complexity index is 582. The summed E-state index contributed by atoms with van der Waals surface area (Å²) in [4.78, 5) is 26.2. The van der Waals surface area contributed by atoms with Crippen LogP contribution in [0.2, 0.25) is 0 Å². The van der Waals surface area contributed by atoms with E-state index in [1.807, 2.05) is 13.8 Å². The zero-order chi connectivity index (χ0) is 15.8. The van der Waals surface area contributed by atoms with Crippen LogP contribution in [0.15, 0.2) is 22.8 Å². The first-order valence-electron chi connectivity index (χ1n) is 6.66. The largest absolute Gasteiger partial charge is 0.466 e. The van der Waals surface area contributed by atoms with Crippen LogP contribution in [0, 0.1) is 5.41 Å². The highest BCUT2D eigenvalue weighted by Crippen LogP contribution is 2.30. The van der Waals surface area contributed by atoms with Gasteiger partial charge in [0.1, 0.15) is 5.76 Å². The van der Waals surface area contributed by atoms with Gasteiger partial charge < -0.3 is 15.5 Å². The van der Waals surface area contributed by atoms with Crippen LogP contribution >= 0.6 is 12.2 Å². The van der Waals surface area contributed by atoms with Gasteiger partial charge in [-0.2, -0.15) is 0 Å². The minimum atomic E-state index is -1.16. The highest BCUT2D eigenvalue weighted by atomic mass is 32.1. The maximum Gasteiger partial charge on any atom is 0.325 e. The number of nitrogens with one attached hydrogen (secondary N) is 1. The molecule has 0 radical (unpaired) electrons. The molecule has 1 saturated heterocycles. The van der Waals surface area contributed by atoms with E-state index in [4.69, 9.17) is 22.4 Å². The van der Waals surface area contributed by atoms with Gasteiger partial charge in [0.2, 0.25) is 0 Å². The van der Waals surface area contributed by atoms with Crippen LogP contribution in [0.4, 0.5) is 4.79 Å². The van der Waals surface area contributed by atoms with Gasteiger partial charge in [-0.1, -0.05) is 26.1 Å². The molecular formula is C14H19N3O3S. The van der Waals surface area contributed by atoms with Crippen LogP contribution in [0.25, 0.3) is 0 Å². The number of furan rings is 1. The highest BCUT2D eigenvalue weighted by molar-refractivity contribution is 7.80. The van der Waals surface area contributed by atoms with E-state index in [9.17, 15) is 9.59 Å². The number of rotatable bonds is 5. The molecule has 1 unspecified atom stereocenters. The maximum absolute atomic E-state index is 12.5. The lowest BCUT2D eigenvalue weighted by Gasteiger charge is -2.25. The van der Waals surface area contributed by atoms with Gasteiger partial charge in [-0.05, 0) is 25.5 Å². The monoisotopic (exact) mass is 309 g/mol. The van der Waals surface area contributed by atoms with Gasteiger partial charge in [-0.15, -0.1) is 0 Å². The minimum absolute atomic E-state index is 0.255. The Hall–Kier alpha value is -1.89. The summed E-state index contributed by atoms with van der Waals surface area (Å²) >= 11 is 5.00. The summed E-state index contributed by atoms with van der Waals surface area (Å²) in [5, 5.41) is 2.68. The number of urea groups is 1. The Morgan fingerprint density at radius 2 is 2.19 bits per heavy atom. The van der Waals surface area contributed by atoms with Crippen LogP contribution in [0.1, 0.15) is 33.0 Å². The van der Waals surface area contributed by atoms with Crippen molar-refractivity contribution in [3.8, 4) is 0 Å². The predicted molar refractivity (Wildman–Crippen MR) is 81.5 cm³/mol. The second-order valence-corrected chi connectivity index (χ2v) is 6.43. The Labute approximate surface area is 128 Å². The smallest absolute Gasteiger partial charge is 0.325 e. The molecule has 0 bridgehead atoms. The molecule has 0 aromatic carbocycles. The zero-order valence-electron chi connectivity index (χ0n) is 12.3. The fourth-order valence-corrected chi connectivity index (χ4v) is 2.25. The number of carbonyl (C=O) groups is 2. The molecule has 0 spiro atoms. The maximum atomic E-state index is 12.5.